The Morgan fingerprint density at radius 1 is 1.15 bits per heavy atom. The third-order valence-electron chi connectivity index (χ3n) is 5.25. The number of hydrogen-bond donors (Lipinski definition) is 1. The van der Waals surface area contributed by atoms with Gasteiger partial charge in [0.1, 0.15) is 5.82 Å². The highest BCUT2D eigenvalue weighted by Gasteiger charge is 2.26. The second-order valence-electron chi connectivity index (χ2n) is 7.35. The fourth-order valence-electron chi connectivity index (χ4n) is 3.52. The molecule has 0 spiro atoms. The lowest BCUT2D eigenvalue weighted by Crippen LogP contribution is -2.25. The highest BCUT2D eigenvalue weighted by molar-refractivity contribution is 5.85. The van der Waals surface area contributed by atoms with E-state index < -0.39 is 6.10 Å². The van der Waals surface area contributed by atoms with E-state index in [9.17, 15) is 5.11 Å². The molecule has 0 radical (unpaired) electrons. The van der Waals surface area contributed by atoms with Crippen LogP contribution in [0.1, 0.15) is 42.1 Å². The van der Waals surface area contributed by atoms with Gasteiger partial charge in [0.15, 0.2) is 0 Å². The number of aliphatic hydroxyl groups is 1. The Hall–Kier alpha value is -1.88. The molecule has 1 aromatic heterocycles. The Morgan fingerprint density at radius 3 is 2.59 bits per heavy atom. The van der Waals surface area contributed by atoms with Crippen molar-refractivity contribution in [2.75, 3.05) is 6.61 Å². The van der Waals surface area contributed by atoms with Crippen molar-refractivity contribution in [3.63, 3.8) is 0 Å². The van der Waals surface area contributed by atoms with E-state index >= 15 is 0 Å². The van der Waals surface area contributed by atoms with Crippen molar-refractivity contribution in [2.45, 2.75) is 51.4 Å². The van der Waals surface area contributed by atoms with E-state index in [0.29, 0.717) is 25.7 Å². The number of aryl methyl sites for hydroxylation is 1. The standard InChI is InChI=1S/C22H26N2O2.ClH/c1-16-9-11-17(12-10-16)14-26-15-19(25)13-24-21-8-3-2-7-20(21)23-22(24)18-5-4-6-18;/h2-3,7-12,18-19,25H,4-6,13-15H2,1H3;1H. The van der Waals surface area contributed by atoms with Gasteiger partial charge in [0.05, 0.1) is 36.9 Å². The molecular formula is C22H27ClN2O2. The number of aromatic nitrogens is 2. The van der Waals surface area contributed by atoms with Gasteiger partial charge in [0.25, 0.3) is 0 Å². The molecule has 0 saturated heterocycles. The summed E-state index contributed by atoms with van der Waals surface area (Å²) in [4.78, 5) is 4.83. The van der Waals surface area contributed by atoms with Gasteiger partial charge in [-0.2, -0.15) is 0 Å². The van der Waals surface area contributed by atoms with E-state index in [1.165, 1.54) is 24.8 Å². The lowest BCUT2D eigenvalue weighted by molar-refractivity contribution is 0.0202. The number of imidazole rings is 1. The van der Waals surface area contributed by atoms with Crippen LogP contribution in [-0.2, 0) is 17.9 Å². The second-order valence-corrected chi connectivity index (χ2v) is 7.35. The van der Waals surface area contributed by atoms with Gasteiger partial charge in [-0.15, -0.1) is 12.4 Å². The summed E-state index contributed by atoms with van der Waals surface area (Å²) in [6.45, 7) is 3.45. The highest BCUT2D eigenvalue weighted by atomic mass is 35.5. The lowest BCUT2D eigenvalue weighted by Gasteiger charge is -2.26. The van der Waals surface area contributed by atoms with Gasteiger partial charge in [-0.1, -0.05) is 48.4 Å². The number of benzene rings is 2. The fraction of sp³-hybridized carbons (Fsp3) is 0.409. The molecular weight excluding hydrogens is 360 g/mol. The van der Waals surface area contributed by atoms with Gasteiger partial charge in [-0.05, 0) is 37.5 Å². The highest BCUT2D eigenvalue weighted by Crippen LogP contribution is 2.37. The van der Waals surface area contributed by atoms with Crippen LogP contribution in [0, 0.1) is 6.92 Å². The number of fused-ring (bicyclic) bond motifs is 1. The van der Waals surface area contributed by atoms with Crippen molar-refractivity contribution in [3.05, 3.63) is 65.5 Å². The Bertz CT molecular complexity index is 872. The van der Waals surface area contributed by atoms with Crippen LogP contribution in [0.5, 0.6) is 0 Å². The first-order chi connectivity index (χ1) is 12.7. The molecule has 1 saturated carbocycles. The molecule has 1 aliphatic carbocycles. The van der Waals surface area contributed by atoms with Crippen molar-refractivity contribution in [3.8, 4) is 0 Å². The van der Waals surface area contributed by atoms with Crippen LogP contribution in [0.25, 0.3) is 11.0 Å². The van der Waals surface area contributed by atoms with E-state index in [4.69, 9.17) is 9.72 Å². The molecule has 2 aromatic carbocycles. The molecule has 4 rings (SSSR count). The number of ether oxygens (including phenoxy) is 1. The van der Waals surface area contributed by atoms with E-state index in [1.807, 2.05) is 18.2 Å². The van der Waals surface area contributed by atoms with Crippen LogP contribution < -0.4 is 0 Å². The summed E-state index contributed by atoms with van der Waals surface area (Å²) in [5, 5.41) is 10.5. The average Bonchev–Trinajstić information content (AvgIpc) is 2.93. The zero-order chi connectivity index (χ0) is 17.9. The maximum absolute atomic E-state index is 10.5. The normalized spacial score (nSPS) is 15.3. The number of para-hydroxylation sites is 2. The zero-order valence-electron chi connectivity index (χ0n) is 15.7. The first-order valence-electron chi connectivity index (χ1n) is 9.47. The van der Waals surface area contributed by atoms with E-state index in [-0.39, 0.29) is 12.4 Å². The molecule has 1 heterocycles. The van der Waals surface area contributed by atoms with Crippen LogP contribution in [0.2, 0.25) is 0 Å². The molecule has 144 valence electrons. The first-order valence-corrected chi connectivity index (χ1v) is 9.47. The number of aliphatic hydroxyl groups excluding tert-OH is 1. The van der Waals surface area contributed by atoms with Crippen molar-refractivity contribution >= 4 is 23.4 Å². The van der Waals surface area contributed by atoms with Gasteiger partial charge in [-0.25, -0.2) is 4.98 Å². The molecule has 5 heteroatoms. The third kappa shape index (κ3) is 4.52. The number of hydrogen-bond acceptors (Lipinski definition) is 3. The number of halogens is 1. The Kier molecular flexibility index (Phi) is 6.53. The van der Waals surface area contributed by atoms with Crippen LogP contribution in [0.4, 0.5) is 0 Å². The zero-order valence-corrected chi connectivity index (χ0v) is 16.5. The fourth-order valence-corrected chi connectivity index (χ4v) is 3.52. The van der Waals surface area contributed by atoms with Crippen molar-refractivity contribution < 1.29 is 9.84 Å². The minimum absolute atomic E-state index is 0. The smallest absolute Gasteiger partial charge is 0.113 e. The second kappa shape index (κ2) is 8.87. The topological polar surface area (TPSA) is 47.3 Å². The van der Waals surface area contributed by atoms with Crippen molar-refractivity contribution in [1.82, 2.24) is 9.55 Å². The monoisotopic (exact) mass is 386 g/mol. The van der Waals surface area contributed by atoms with E-state index in [2.05, 4.69) is 41.8 Å². The number of nitrogens with zero attached hydrogens (tertiary/aromatic N) is 2. The summed E-state index contributed by atoms with van der Waals surface area (Å²) in [6.07, 6.45) is 3.12. The maximum atomic E-state index is 10.5. The van der Waals surface area contributed by atoms with Crippen LogP contribution in [-0.4, -0.2) is 27.4 Å². The maximum Gasteiger partial charge on any atom is 0.113 e. The predicted octanol–water partition coefficient (Wildman–Crippen LogP) is 4.61. The molecule has 0 aliphatic heterocycles. The van der Waals surface area contributed by atoms with E-state index in [0.717, 1.165) is 22.4 Å². The molecule has 3 aromatic rings. The predicted molar refractivity (Wildman–Crippen MR) is 110 cm³/mol. The SMILES string of the molecule is Cc1ccc(COCC(O)Cn2c(C3CCC3)nc3ccccc32)cc1.Cl. The quantitative estimate of drug-likeness (QED) is 0.644. The van der Waals surface area contributed by atoms with Gasteiger partial charge in [-0.3, -0.25) is 0 Å². The van der Waals surface area contributed by atoms with Crippen molar-refractivity contribution in [2.24, 2.45) is 0 Å². The molecule has 1 aliphatic rings. The van der Waals surface area contributed by atoms with Gasteiger partial charge in [0, 0.05) is 5.92 Å². The van der Waals surface area contributed by atoms with Gasteiger partial charge >= 0.3 is 0 Å². The molecule has 0 amide bonds. The third-order valence-corrected chi connectivity index (χ3v) is 5.25. The molecule has 1 fully saturated rings. The van der Waals surface area contributed by atoms with Crippen molar-refractivity contribution in [1.29, 1.82) is 0 Å². The van der Waals surface area contributed by atoms with Crippen LogP contribution in [0.3, 0.4) is 0 Å². The molecule has 4 nitrogen and oxygen atoms in total. The molecule has 1 N–H and O–H groups in total. The molecule has 27 heavy (non-hydrogen) atoms. The van der Waals surface area contributed by atoms with Crippen LogP contribution >= 0.6 is 12.4 Å². The summed E-state index contributed by atoms with van der Waals surface area (Å²) < 4.78 is 7.93. The van der Waals surface area contributed by atoms with Gasteiger partial charge in [0.2, 0.25) is 0 Å². The van der Waals surface area contributed by atoms with Crippen LogP contribution in [0.15, 0.2) is 48.5 Å². The summed E-state index contributed by atoms with van der Waals surface area (Å²) in [7, 11) is 0. The summed E-state index contributed by atoms with van der Waals surface area (Å²) in [6, 6.07) is 16.5. The summed E-state index contributed by atoms with van der Waals surface area (Å²) in [5.41, 5.74) is 4.49. The van der Waals surface area contributed by atoms with Gasteiger partial charge < -0.3 is 14.4 Å². The van der Waals surface area contributed by atoms with E-state index in [1.54, 1.807) is 0 Å². The largest absolute Gasteiger partial charge is 0.389 e. The Balaban J connectivity index is 0.00000210. The first kappa shape index (κ1) is 19.9. The minimum Gasteiger partial charge on any atom is -0.389 e. The average molecular weight is 387 g/mol. The summed E-state index contributed by atoms with van der Waals surface area (Å²) in [5.74, 6) is 1.65. The molecule has 0 bridgehead atoms. The molecule has 1 unspecified atom stereocenters. The minimum atomic E-state index is -0.545. The Morgan fingerprint density at radius 2 is 1.89 bits per heavy atom. The lowest BCUT2D eigenvalue weighted by atomic mass is 9.85. The Labute approximate surface area is 166 Å². The summed E-state index contributed by atoms with van der Waals surface area (Å²) >= 11 is 0. The molecule has 1 atom stereocenters. The number of rotatable bonds is 7.